The van der Waals surface area contributed by atoms with E-state index in [-0.39, 0.29) is 0 Å². The van der Waals surface area contributed by atoms with Gasteiger partial charge in [-0.3, -0.25) is 0 Å². The third-order valence-electron chi connectivity index (χ3n) is 4.71. The molecule has 3 heteroatoms. The lowest BCUT2D eigenvalue weighted by Gasteiger charge is -2.47. The van der Waals surface area contributed by atoms with E-state index in [1.807, 2.05) is 0 Å². The van der Waals surface area contributed by atoms with Crippen LogP contribution in [-0.4, -0.2) is 33.2 Å². The zero-order valence-corrected chi connectivity index (χ0v) is 11.2. The summed E-state index contributed by atoms with van der Waals surface area (Å²) in [6.07, 6.45) is 3.96. The summed E-state index contributed by atoms with van der Waals surface area (Å²) in [6.45, 7) is 4.20. The molecule has 2 aliphatic rings. The molecule has 3 nitrogen and oxygen atoms in total. The molecule has 0 radical (unpaired) electrons. The van der Waals surface area contributed by atoms with Gasteiger partial charge in [-0.05, 0) is 31.5 Å². The number of hydrogen-bond acceptors (Lipinski definition) is 3. The standard InChI is InChI=1S/C15H23N3/c1-17-9-10-18(12-15(11-16)7-4-8-15)14-6-3-2-5-13(14)17/h2-3,5-6H,4,7-12,16H2,1H3. The molecule has 0 aromatic heterocycles. The van der Waals surface area contributed by atoms with Crippen LogP contribution in [0.3, 0.4) is 0 Å². The molecule has 1 aromatic rings. The number of para-hydroxylation sites is 2. The number of fused-ring (bicyclic) bond motifs is 1. The van der Waals surface area contributed by atoms with Gasteiger partial charge in [0.05, 0.1) is 11.4 Å². The molecule has 0 bridgehead atoms. The van der Waals surface area contributed by atoms with E-state index in [1.54, 1.807) is 0 Å². The molecule has 0 unspecified atom stereocenters. The van der Waals surface area contributed by atoms with Crippen LogP contribution in [0.1, 0.15) is 19.3 Å². The lowest BCUT2D eigenvalue weighted by Crippen LogP contribution is -2.50. The van der Waals surface area contributed by atoms with Crippen molar-refractivity contribution in [1.29, 1.82) is 0 Å². The van der Waals surface area contributed by atoms with Gasteiger partial charge in [-0.1, -0.05) is 18.6 Å². The van der Waals surface area contributed by atoms with Gasteiger partial charge in [0.1, 0.15) is 0 Å². The second kappa shape index (κ2) is 4.47. The van der Waals surface area contributed by atoms with Crippen molar-refractivity contribution >= 4 is 11.4 Å². The molecule has 0 amide bonds. The maximum Gasteiger partial charge on any atom is 0.0604 e. The van der Waals surface area contributed by atoms with E-state index >= 15 is 0 Å². The van der Waals surface area contributed by atoms with Crippen LogP contribution in [0.25, 0.3) is 0 Å². The Morgan fingerprint density at radius 2 is 1.89 bits per heavy atom. The molecular weight excluding hydrogens is 222 g/mol. The lowest BCUT2D eigenvalue weighted by molar-refractivity contribution is 0.152. The van der Waals surface area contributed by atoms with Gasteiger partial charge in [-0.15, -0.1) is 0 Å². The molecule has 1 saturated carbocycles. The number of nitrogens with zero attached hydrogens (tertiary/aromatic N) is 2. The molecule has 0 saturated heterocycles. The summed E-state index contributed by atoms with van der Waals surface area (Å²) in [7, 11) is 2.18. The van der Waals surface area contributed by atoms with Crippen molar-refractivity contribution in [3.63, 3.8) is 0 Å². The van der Waals surface area contributed by atoms with Crippen molar-refractivity contribution in [2.24, 2.45) is 11.1 Å². The van der Waals surface area contributed by atoms with Crippen molar-refractivity contribution in [3.05, 3.63) is 24.3 Å². The first-order valence-electron chi connectivity index (χ1n) is 6.99. The topological polar surface area (TPSA) is 32.5 Å². The van der Waals surface area contributed by atoms with Crippen LogP contribution < -0.4 is 15.5 Å². The minimum absolute atomic E-state index is 0.392. The fourth-order valence-corrected chi connectivity index (χ4v) is 3.24. The Hall–Kier alpha value is -1.22. The summed E-state index contributed by atoms with van der Waals surface area (Å²) in [6, 6.07) is 8.73. The highest BCUT2D eigenvalue weighted by Crippen LogP contribution is 2.43. The van der Waals surface area contributed by atoms with Gasteiger partial charge < -0.3 is 15.5 Å². The molecule has 98 valence electrons. The Morgan fingerprint density at radius 1 is 1.17 bits per heavy atom. The van der Waals surface area contributed by atoms with Gasteiger partial charge in [-0.25, -0.2) is 0 Å². The molecule has 1 heterocycles. The van der Waals surface area contributed by atoms with Gasteiger partial charge in [0.2, 0.25) is 0 Å². The van der Waals surface area contributed by atoms with Gasteiger partial charge in [0, 0.05) is 32.1 Å². The molecule has 18 heavy (non-hydrogen) atoms. The third-order valence-corrected chi connectivity index (χ3v) is 4.71. The summed E-state index contributed by atoms with van der Waals surface area (Å²) < 4.78 is 0. The third kappa shape index (κ3) is 1.87. The summed E-state index contributed by atoms with van der Waals surface area (Å²) in [5.74, 6) is 0. The van der Waals surface area contributed by atoms with E-state index in [2.05, 4.69) is 41.1 Å². The fraction of sp³-hybridized carbons (Fsp3) is 0.600. The van der Waals surface area contributed by atoms with Crippen LogP contribution in [0.2, 0.25) is 0 Å². The SMILES string of the molecule is CN1CCN(CC2(CN)CCC2)c2ccccc21. The fourth-order valence-electron chi connectivity index (χ4n) is 3.24. The summed E-state index contributed by atoms with van der Waals surface area (Å²) >= 11 is 0. The van der Waals surface area contributed by atoms with Crippen molar-refractivity contribution in [2.45, 2.75) is 19.3 Å². The zero-order chi connectivity index (χ0) is 12.6. The molecular formula is C15H23N3. The number of hydrogen-bond donors (Lipinski definition) is 1. The van der Waals surface area contributed by atoms with E-state index in [4.69, 9.17) is 5.73 Å². The largest absolute Gasteiger partial charge is 0.371 e. The Bertz CT molecular complexity index is 420. The molecule has 0 atom stereocenters. The molecule has 0 spiro atoms. The van der Waals surface area contributed by atoms with Crippen molar-refractivity contribution in [2.75, 3.05) is 43.0 Å². The quantitative estimate of drug-likeness (QED) is 0.885. The number of benzene rings is 1. The molecule has 3 rings (SSSR count). The highest BCUT2D eigenvalue weighted by Gasteiger charge is 2.38. The first-order valence-corrected chi connectivity index (χ1v) is 6.99. The smallest absolute Gasteiger partial charge is 0.0604 e. The highest BCUT2D eigenvalue weighted by atomic mass is 15.3. The van der Waals surface area contributed by atoms with Gasteiger partial charge >= 0.3 is 0 Å². The van der Waals surface area contributed by atoms with Crippen LogP contribution in [0.5, 0.6) is 0 Å². The molecule has 1 aromatic carbocycles. The lowest BCUT2D eigenvalue weighted by atomic mass is 9.68. The molecule has 1 fully saturated rings. The Labute approximate surface area is 110 Å². The number of likely N-dealkylation sites (N-methyl/N-ethyl adjacent to an activating group) is 1. The second-order valence-electron chi connectivity index (χ2n) is 5.89. The first-order chi connectivity index (χ1) is 8.74. The maximum absolute atomic E-state index is 6.00. The monoisotopic (exact) mass is 245 g/mol. The summed E-state index contributed by atoms with van der Waals surface area (Å²) in [4.78, 5) is 4.89. The minimum Gasteiger partial charge on any atom is -0.371 e. The summed E-state index contributed by atoms with van der Waals surface area (Å²) in [5.41, 5.74) is 9.13. The normalized spacial score (nSPS) is 21.4. The van der Waals surface area contributed by atoms with Crippen molar-refractivity contribution in [3.8, 4) is 0 Å². The first kappa shape index (κ1) is 11.8. The molecule has 1 aliphatic heterocycles. The van der Waals surface area contributed by atoms with Crippen molar-refractivity contribution < 1.29 is 0 Å². The van der Waals surface area contributed by atoms with Crippen LogP contribution in [0.4, 0.5) is 11.4 Å². The Balaban J connectivity index is 1.84. The van der Waals surface area contributed by atoms with E-state index < -0.39 is 0 Å². The molecule has 2 N–H and O–H groups in total. The summed E-state index contributed by atoms with van der Waals surface area (Å²) in [5, 5.41) is 0. The van der Waals surface area contributed by atoms with Gasteiger partial charge in [0.15, 0.2) is 0 Å². The predicted molar refractivity (Wildman–Crippen MR) is 77.3 cm³/mol. The average molecular weight is 245 g/mol. The van der Waals surface area contributed by atoms with Gasteiger partial charge in [-0.2, -0.15) is 0 Å². The van der Waals surface area contributed by atoms with Crippen LogP contribution in [-0.2, 0) is 0 Å². The Kier molecular flexibility index (Phi) is 2.94. The van der Waals surface area contributed by atoms with Crippen LogP contribution >= 0.6 is 0 Å². The van der Waals surface area contributed by atoms with Crippen LogP contribution in [0, 0.1) is 5.41 Å². The number of rotatable bonds is 3. The van der Waals surface area contributed by atoms with E-state index in [0.29, 0.717) is 5.41 Å². The van der Waals surface area contributed by atoms with Crippen molar-refractivity contribution in [1.82, 2.24) is 0 Å². The van der Waals surface area contributed by atoms with E-state index in [9.17, 15) is 0 Å². The minimum atomic E-state index is 0.392. The highest BCUT2D eigenvalue weighted by molar-refractivity contribution is 5.73. The second-order valence-corrected chi connectivity index (χ2v) is 5.89. The molecule has 1 aliphatic carbocycles. The Morgan fingerprint density at radius 3 is 2.50 bits per heavy atom. The zero-order valence-electron chi connectivity index (χ0n) is 11.2. The number of nitrogens with two attached hydrogens (primary N) is 1. The maximum atomic E-state index is 6.00. The number of anilines is 2. The van der Waals surface area contributed by atoms with E-state index in [1.165, 1.54) is 30.6 Å². The van der Waals surface area contributed by atoms with Crippen LogP contribution in [0.15, 0.2) is 24.3 Å². The average Bonchev–Trinajstić information content (AvgIpc) is 2.37. The predicted octanol–water partition coefficient (Wildman–Crippen LogP) is 2.07. The van der Waals surface area contributed by atoms with E-state index in [0.717, 1.165) is 26.2 Å². The van der Waals surface area contributed by atoms with Gasteiger partial charge in [0.25, 0.3) is 0 Å².